The molecule has 2 N–H and O–H groups in total. The van der Waals surface area contributed by atoms with Gasteiger partial charge in [0.05, 0.1) is 0 Å². The zero-order valence-corrected chi connectivity index (χ0v) is 10.6. The number of hydrogen-bond donors (Lipinski definition) is 1. The van der Waals surface area contributed by atoms with Gasteiger partial charge >= 0.3 is 0 Å². The molecule has 2 nitrogen and oxygen atoms in total. The highest BCUT2D eigenvalue weighted by Gasteiger charge is 2.29. The van der Waals surface area contributed by atoms with Crippen LogP contribution in [0.15, 0.2) is 18.2 Å². The van der Waals surface area contributed by atoms with Gasteiger partial charge in [-0.1, -0.05) is 0 Å². The zero-order chi connectivity index (χ0) is 12.4. The number of halogens is 1. The molecule has 1 aliphatic heterocycles. The molecule has 0 saturated carbocycles. The van der Waals surface area contributed by atoms with Gasteiger partial charge in [0, 0.05) is 24.2 Å². The Morgan fingerprint density at radius 2 is 2.24 bits per heavy atom. The van der Waals surface area contributed by atoms with Gasteiger partial charge < -0.3 is 10.6 Å². The third kappa shape index (κ3) is 2.44. The van der Waals surface area contributed by atoms with Crippen LogP contribution < -0.4 is 10.6 Å². The Balaban J connectivity index is 2.27. The van der Waals surface area contributed by atoms with Gasteiger partial charge in [-0.05, 0) is 57.0 Å². The molecule has 0 aromatic heterocycles. The standard InChI is InChI=1S/C14H21FN2/c1-10(2)17-9-11(4-3-7-16)13-8-12(15)5-6-14(13)17/h5-6,8,10-11H,3-4,7,9,16H2,1-2H3. The molecule has 1 atom stereocenters. The number of nitrogens with two attached hydrogens (primary N) is 1. The first kappa shape index (κ1) is 12.4. The molecule has 1 unspecified atom stereocenters. The van der Waals surface area contributed by atoms with Crippen molar-refractivity contribution in [3.05, 3.63) is 29.6 Å². The highest BCUT2D eigenvalue weighted by molar-refractivity contribution is 5.60. The van der Waals surface area contributed by atoms with Crippen molar-refractivity contribution in [1.82, 2.24) is 0 Å². The predicted molar refractivity (Wildman–Crippen MR) is 69.9 cm³/mol. The Kier molecular flexibility index (Phi) is 3.67. The second-order valence-electron chi connectivity index (χ2n) is 5.08. The Labute approximate surface area is 103 Å². The molecular weight excluding hydrogens is 215 g/mol. The van der Waals surface area contributed by atoms with Gasteiger partial charge in [-0.3, -0.25) is 0 Å². The lowest BCUT2D eigenvalue weighted by Crippen LogP contribution is -2.29. The van der Waals surface area contributed by atoms with Gasteiger partial charge in [0.1, 0.15) is 5.82 Å². The Morgan fingerprint density at radius 1 is 1.47 bits per heavy atom. The van der Waals surface area contributed by atoms with Gasteiger partial charge in [-0.15, -0.1) is 0 Å². The van der Waals surface area contributed by atoms with Crippen molar-refractivity contribution < 1.29 is 4.39 Å². The van der Waals surface area contributed by atoms with E-state index in [9.17, 15) is 4.39 Å². The number of fused-ring (bicyclic) bond motifs is 1. The van der Waals surface area contributed by atoms with Crippen molar-refractivity contribution >= 4 is 5.69 Å². The smallest absolute Gasteiger partial charge is 0.123 e. The lowest BCUT2D eigenvalue weighted by molar-refractivity contribution is 0.583. The highest BCUT2D eigenvalue weighted by atomic mass is 19.1. The maximum Gasteiger partial charge on any atom is 0.123 e. The summed E-state index contributed by atoms with van der Waals surface area (Å²) in [5.41, 5.74) is 7.92. The van der Waals surface area contributed by atoms with Gasteiger partial charge in [-0.2, -0.15) is 0 Å². The van der Waals surface area contributed by atoms with Gasteiger partial charge in [-0.25, -0.2) is 4.39 Å². The van der Waals surface area contributed by atoms with Crippen molar-refractivity contribution in [2.24, 2.45) is 5.73 Å². The maximum absolute atomic E-state index is 13.3. The number of benzene rings is 1. The summed E-state index contributed by atoms with van der Waals surface area (Å²) >= 11 is 0. The van der Waals surface area contributed by atoms with Crippen LogP contribution in [0.25, 0.3) is 0 Å². The lowest BCUT2D eigenvalue weighted by atomic mass is 9.96. The van der Waals surface area contributed by atoms with E-state index in [0.717, 1.165) is 24.9 Å². The molecule has 0 aliphatic carbocycles. The minimum atomic E-state index is -0.132. The first-order valence-corrected chi connectivity index (χ1v) is 6.39. The fraction of sp³-hybridized carbons (Fsp3) is 0.571. The lowest BCUT2D eigenvalue weighted by Gasteiger charge is -2.24. The zero-order valence-electron chi connectivity index (χ0n) is 10.6. The van der Waals surface area contributed by atoms with E-state index in [2.05, 4.69) is 18.7 Å². The summed E-state index contributed by atoms with van der Waals surface area (Å²) in [7, 11) is 0. The molecule has 1 aliphatic rings. The van der Waals surface area contributed by atoms with Crippen LogP contribution in [0.1, 0.15) is 38.2 Å². The largest absolute Gasteiger partial charge is 0.368 e. The molecule has 17 heavy (non-hydrogen) atoms. The van der Waals surface area contributed by atoms with Crippen molar-refractivity contribution in [3.63, 3.8) is 0 Å². The van der Waals surface area contributed by atoms with Crippen LogP contribution >= 0.6 is 0 Å². The Hall–Kier alpha value is -1.09. The second-order valence-corrected chi connectivity index (χ2v) is 5.08. The fourth-order valence-electron chi connectivity index (χ4n) is 2.65. The molecule has 2 rings (SSSR count). The van der Waals surface area contributed by atoms with Crippen LogP contribution in [0.5, 0.6) is 0 Å². The second kappa shape index (κ2) is 5.05. The molecule has 94 valence electrons. The Morgan fingerprint density at radius 3 is 2.88 bits per heavy atom. The van der Waals surface area contributed by atoms with Crippen molar-refractivity contribution in [3.8, 4) is 0 Å². The van der Waals surface area contributed by atoms with E-state index >= 15 is 0 Å². The summed E-state index contributed by atoms with van der Waals surface area (Å²) in [6, 6.07) is 5.62. The van der Waals surface area contributed by atoms with Crippen molar-refractivity contribution in [2.75, 3.05) is 18.0 Å². The number of nitrogens with zero attached hydrogens (tertiary/aromatic N) is 1. The van der Waals surface area contributed by atoms with Gasteiger partial charge in [0.2, 0.25) is 0 Å². The Bertz CT molecular complexity index is 390. The van der Waals surface area contributed by atoms with Crippen LogP contribution in [0.4, 0.5) is 10.1 Å². The number of hydrogen-bond acceptors (Lipinski definition) is 2. The molecule has 1 aromatic rings. The minimum Gasteiger partial charge on any atom is -0.368 e. The van der Waals surface area contributed by atoms with E-state index in [-0.39, 0.29) is 5.82 Å². The van der Waals surface area contributed by atoms with E-state index in [1.54, 1.807) is 12.1 Å². The van der Waals surface area contributed by atoms with E-state index in [0.29, 0.717) is 18.5 Å². The van der Waals surface area contributed by atoms with E-state index < -0.39 is 0 Å². The summed E-state index contributed by atoms with van der Waals surface area (Å²) in [5, 5.41) is 0. The quantitative estimate of drug-likeness (QED) is 0.871. The van der Waals surface area contributed by atoms with E-state index in [1.807, 2.05) is 6.07 Å². The third-order valence-electron chi connectivity index (χ3n) is 3.54. The molecule has 0 fully saturated rings. The van der Waals surface area contributed by atoms with E-state index in [4.69, 9.17) is 5.73 Å². The molecule has 0 saturated heterocycles. The minimum absolute atomic E-state index is 0.132. The molecule has 0 spiro atoms. The van der Waals surface area contributed by atoms with Crippen molar-refractivity contribution in [2.45, 2.75) is 38.6 Å². The van der Waals surface area contributed by atoms with Crippen LogP contribution in [0.3, 0.4) is 0 Å². The molecule has 3 heteroatoms. The topological polar surface area (TPSA) is 29.3 Å². The molecule has 0 amide bonds. The number of rotatable bonds is 4. The van der Waals surface area contributed by atoms with Crippen LogP contribution in [-0.4, -0.2) is 19.1 Å². The van der Waals surface area contributed by atoms with Crippen molar-refractivity contribution in [1.29, 1.82) is 0 Å². The predicted octanol–water partition coefficient (Wildman–Crippen LogP) is 2.88. The first-order chi connectivity index (χ1) is 8.13. The molecule has 1 aromatic carbocycles. The summed E-state index contributed by atoms with van der Waals surface area (Å²) in [5.74, 6) is 0.304. The van der Waals surface area contributed by atoms with Gasteiger partial charge in [0.25, 0.3) is 0 Å². The number of anilines is 1. The first-order valence-electron chi connectivity index (χ1n) is 6.39. The van der Waals surface area contributed by atoms with Gasteiger partial charge in [0.15, 0.2) is 0 Å². The van der Waals surface area contributed by atoms with Crippen LogP contribution in [0.2, 0.25) is 0 Å². The highest BCUT2D eigenvalue weighted by Crippen LogP contribution is 2.39. The molecule has 0 bridgehead atoms. The van der Waals surface area contributed by atoms with Crippen LogP contribution in [-0.2, 0) is 0 Å². The summed E-state index contributed by atoms with van der Waals surface area (Å²) in [6.07, 6.45) is 2.06. The monoisotopic (exact) mass is 236 g/mol. The third-order valence-corrected chi connectivity index (χ3v) is 3.54. The average molecular weight is 236 g/mol. The summed E-state index contributed by atoms with van der Waals surface area (Å²) < 4.78 is 13.3. The molecule has 1 heterocycles. The van der Waals surface area contributed by atoms with E-state index in [1.165, 1.54) is 5.69 Å². The SMILES string of the molecule is CC(C)N1CC(CCCN)c2cc(F)ccc21. The fourth-order valence-corrected chi connectivity index (χ4v) is 2.65. The maximum atomic E-state index is 13.3. The normalized spacial score (nSPS) is 18.9. The molecular formula is C14H21FN2. The molecule has 0 radical (unpaired) electrons. The summed E-state index contributed by atoms with van der Waals surface area (Å²) in [4.78, 5) is 2.36. The van der Waals surface area contributed by atoms with Crippen LogP contribution in [0, 0.1) is 5.82 Å². The average Bonchev–Trinajstić information content (AvgIpc) is 2.64. The summed E-state index contributed by atoms with van der Waals surface area (Å²) in [6.45, 7) is 6.07.